The van der Waals surface area contributed by atoms with Gasteiger partial charge in [0.2, 0.25) is 5.01 Å². The highest BCUT2D eigenvalue weighted by atomic mass is 32.1. The Morgan fingerprint density at radius 3 is 2.60 bits per heavy atom. The van der Waals surface area contributed by atoms with Gasteiger partial charge in [-0.2, -0.15) is 0 Å². The van der Waals surface area contributed by atoms with Gasteiger partial charge in [0.1, 0.15) is 5.01 Å². The van der Waals surface area contributed by atoms with Crippen molar-refractivity contribution in [1.29, 1.82) is 0 Å². The standard InChI is InChI=1S/C22H23N5O2S/c1-15-8-5-6-12-18(15)24-19(28)21-26-25-20(30-21)16-9-7-13-27(14-16)22(29)23-17-10-3-2-4-11-17/h2-6,8,10-12,16H,7,9,13-14H2,1H3,(H,23,29)(H,24,28). The van der Waals surface area contributed by atoms with Gasteiger partial charge in [-0.15, -0.1) is 10.2 Å². The summed E-state index contributed by atoms with van der Waals surface area (Å²) in [5, 5.41) is 15.3. The quantitative estimate of drug-likeness (QED) is 0.649. The maximum atomic E-state index is 12.6. The molecular weight excluding hydrogens is 398 g/mol. The molecule has 1 atom stereocenters. The van der Waals surface area contributed by atoms with Crippen LogP contribution in [-0.4, -0.2) is 40.1 Å². The van der Waals surface area contributed by atoms with Crippen molar-refractivity contribution in [1.82, 2.24) is 15.1 Å². The molecule has 154 valence electrons. The topological polar surface area (TPSA) is 87.2 Å². The van der Waals surface area contributed by atoms with E-state index < -0.39 is 0 Å². The molecular formula is C22H23N5O2S. The maximum Gasteiger partial charge on any atom is 0.321 e. The van der Waals surface area contributed by atoms with Crippen LogP contribution in [0.3, 0.4) is 0 Å². The van der Waals surface area contributed by atoms with E-state index in [-0.39, 0.29) is 17.9 Å². The Morgan fingerprint density at radius 1 is 1.03 bits per heavy atom. The predicted octanol–water partition coefficient (Wildman–Crippen LogP) is 4.51. The van der Waals surface area contributed by atoms with E-state index in [1.54, 1.807) is 4.90 Å². The molecule has 8 heteroatoms. The zero-order valence-electron chi connectivity index (χ0n) is 16.7. The lowest BCUT2D eigenvalue weighted by Crippen LogP contribution is -2.41. The van der Waals surface area contributed by atoms with Crippen molar-refractivity contribution >= 4 is 34.6 Å². The van der Waals surface area contributed by atoms with Gasteiger partial charge in [-0.05, 0) is 43.5 Å². The molecule has 3 aromatic rings. The largest absolute Gasteiger partial charge is 0.324 e. The summed E-state index contributed by atoms with van der Waals surface area (Å²) in [7, 11) is 0. The number of urea groups is 1. The number of para-hydroxylation sites is 2. The second-order valence-electron chi connectivity index (χ2n) is 7.30. The molecule has 0 spiro atoms. The second-order valence-corrected chi connectivity index (χ2v) is 8.30. The number of hydrogen-bond donors (Lipinski definition) is 2. The van der Waals surface area contributed by atoms with Crippen LogP contribution < -0.4 is 10.6 Å². The lowest BCUT2D eigenvalue weighted by Gasteiger charge is -2.31. The first-order valence-corrected chi connectivity index (χ1v) is 10.7. The maximum absolute atomic E-state index is 12.6. The summed E-state index contributed by atoms with van der Waals surface area (Å²) >= 11 is 1.30. The van der Waals surface area contributed by atoms with Crippen molar-refractivity contribution in [3.8, 4) is 0 Å². The lowest BCUT2D eigenvalue weighted by molar-refractivity contribution is 0.102. The van der Waals surface area contributed by atoms with Gasteiger partial charge in [-0.3, -0.25) is 4.79 Å². The zero-order valence-corrected chi connectivity index (χ0v) is 17.5. The third-order valence-corrected chi connectivity index (χ3v) is 6.20. The van der Waals surface area contributed by atoms with Crippen LogP contribution in [0.5, 0.6) is 0 Å². The van der Waals surface area contributed by atoms with Crippen LogP contribution in [0.4, 0.5) is 16.2 Å². The molecule has 1 fully saturated rings. The Hall–Kier alpha value is -3.26. The Balaban J connectivity index is 1.39. The van der Waals surface area contributed by atoms with Crippen molar-refractivity contribution in [3.05, 3.63) is 70.2 Å². The van der Waals surface area contributed by atoms with Crippen molar-refractivity contribution in [2.75, 3.05) is 23.7 Å². The number of hydrogen-bond acceptors (Lipinski definition) is 5. The Morgan fingerprint density at radius 2 is 1.80 bits per heavy atom. The van der Waals surface area contributed by atoms with Gasteiger partial charge in [0.25, 0.3) is 5.91 Å². The van der Waals surface area contributed by atoms with Crippen LogP contribution in [0.15, 0.2) is 54.6 Å². The predicted molar refractivity (Wildman–Crippen MR) is 118 cm³/mol. The number of likely N-dealkylation sites (tertiary alicyclic amines) is 1. The fourth-order valence-corrected chi connectivity index (χ4v) is 4.33. The molecule has 2 aromatic carbocycles. The Labute approximate surface area is 179 Å². The SMILES string of the molecule is Cc1ccccc1NC(=O)c1nnc(C2CCCN(C(=O)Nc3ccccc3)C2)s1. The van der Waals surface area contributed by atoms with Gasteiger partial charge in [-0.1, -0.05) is 47.7 Å². The molecule has 4 rings (SSSR count). The number of benzene rings is 2. The van der Waals surface area contributed by atoms with Crippen LogP contribution in [-0.2, 0) is 0 Å². The van der Waals surface area contributed by atoms with E-state index in [2.05, 4.69) is 20.8 Å². The highest BCUT2D eigenvalue weighted by Gasteiger charge is 2.28. The highest BCUT2D eigenvalue weighted by Crippen LogP contribution is 2.30. The first kappa shape index (κ1) is 20.0. The van der Waals surface area contributed by atoms with E-state index in [4.69, 9.17) is 0 Å². The van der Waals surface area contributed by atoms with E-state index in [1.165, 1.54) is 11.3 Å². The van der Waals surface area contributed by atoms with Crippen LogP contribution in [0.2, 0.25) is 0 Å². The van der Waals surface area contributed by atoms with E-state index in [9.17, 15) is 9.59 Å². The molecule has 0 aliphatic carbocycles. The number of aryl methyl sites for hydroxylation is 1. The minimum Gasteiger partial charge on any atom is -0.324 e. The summed E-state index contributed by atoms with van der Waals surface area (Å²) in [6.07, 6.45) is 1.81. The summed E-state index contributed by atoms with van der Waals surface area (Å²) in [5.41, 5.74) is 2.53. The fraction of sp³-hybridized carbons (Fsp3) is 0.273. The molecule has 0 bridgehead atoms. The summed E-state index contributed by atoms with van der Waals surface area (Å²) < 4.78 is 0. The number of carbonyl (C=O) groups is 2. The monoisotopic (exact) mass is 421 g/mol. The summed E-state index contributed by atoms with van der Waals surface area (Å²) in [6.45, 7) is 3.21. The number of carbonyl (C=O) groups excluding carboxylic acids is 2. The van der Waals surface area contributed by atoms with Crippen molar-refractivity contribution < 1.29 is 9.59 Å². The van der Waals surface area contributed by atoms with Crippen LogP contribution >= 0.6 is 11.3 Å². The van der Waals surface area contributed by atoms with E-state index in [0.29, 0.717) is 18.1 Å². The average molecular weight is 422 g/mol. The van der Waals surface area contributed by atoms with Crippen molar-refractivity contribution in [3.63, 3.8) is 0 Å². The molecule has 1 unspecified atom stereocenters. The number of nitrogens with zero attached hydrogens (tertiary/aromatic N) is 3. The van der Waals surface area contributed by atoms with E-state index >= 15 is 0 Å². The smallest absolute Gasteiger partial charge is 0.321 e. The summed E-state index contributed by atoms with van der Waals surface area (Å²) in [6, 6.07) is 16.9. The molecule has 7 nitrogen and oxygen atoms in total. The zero-order chi connectivity index (χ0) is 20.9. The second kappa shape index (κ2) is 9.04. The number of anilines is 2. The number of piperidine rings is 1. The van der Waals surface area contributed by atoms with Crippen LogP contribution in [0.25, 0.3) is 0 Å². The first-order valence-electron chi connectivity index (χ1n) is 9.91. The molecule has 1 aliphatic heterocycles. The fourth-order valence-electron chi connectivity index (χ4n) is 3.47. The third-order valence-electron chi connectivity index (χ3n) is 5.11. The summed E-state index contributed by atoms with van der Waals surface area (Å²) in [4.78, 5) is 27.0. The van der Waals surface area contributed by atoms with E-state index in [1.807, 2.05) is 61.5 Å². The molecule has 2 N–H and O–H groups in total. The van der Waals surface area contributed by atoms with Gasteiger partial charge >= 0.3 is 6.03 Å². The van der Waals surface area contributed by atoms with Crippen LogP contribution in [0, 0.1) is 6.92 Å². The van der Waals surface area contributed by atoms with Gasteiger partial charge < -0.3 is 15.5 Å². The van der Waals surface area contributed by atoms with E-state index in [0.717, 1.165) is 34.8 Å². The number of rotatable bonds is 4. The molecule has 0 radical (unpaired) electrons. The van der Waals surface area contributed by atoms with Crippen LogP contribution in [0.1, 0.15) is 39.1 Å². The molecule has 3 amide bonds. The third kappa shape index (κ3) is 4.65. The lowest BCUT2D eigenvalue weighted by atomic mass is 9.99. The molecule has 1 aromatic heterocycles. The van der Waals surface area contributed by atoms with Gasteiger partial charge in [0.05, 0.1) is 0 Å². The molecule has 30 heavy (non-hydrogen) atoms. The highest BCUT2D eigenvalue weighted by molar-refractivity contribution is 7.13. The number of nitrogens with one attached hydrogen (secondary N) is 2. The molecule has 2 heterocycles. The molecule has 1 saturated heterocycles. The minimum absolute atomic E-state index is 0.0813. The summed E-state index contributed by atoms with van der Waals surface area (Å²) in [5.74, 6) is -0.180. The van der Waals surface area contributed by atoms with Gasteiger partial charge in [0, 0.05) is 30.4 Å². The number of amides is 3. The van der Waals surface area contributed by atoms with Crippen molar-refractivity contribution in [2.45, 2.75) is 25.7 Å². The van der Waals surface area contributed by atoms with Gasteiger partial charge in [-0.25, -0.2) is 4.79 Å². The molecule has 0 saturated carbocycles. The minimum atomic E-state index is -0.262. The van der Waals surface area contributed by atoms with Crippen molar-refractivity contribution in [2.24, 2.45) is 0 Å². The Kier molecular flexibility index (Phi) is 6.04. The Bertz CT molecular complexity index is 1040. The average Bonchev–Trinajstić information content (AvgIpc) is 3.27. The number of aromatic nitrogens is 2. The van der Waals surface area contributed by atoms with Gasteiger partial charge in [0.15, 0.2) is 0 Å². The normalized spacial score (nSPS) is 16.2. The molecule has 1 aliphatic rings. The first-order chi connectivity index (χ1) is 14.6.